The molecular formula is C11H17BrN2OS. The summed E-state index contributed by atoms with van der Waals surface area (Å²) >= 11 is 4.85. The first-order chi connectivity index (χ1) is 7.69. The van der Waals surface area contributed by atoms with E-state index in [4.69, 9.17) is 0 Å². The van der Waals surface area contributed by atoms with Gasteiger partial charge in [0.25, 0.3) is 5.91 Å². The Hall–Kier alpha value is -0.420. The third-order valence-corrected chi connectivity index (χ3v) is 3.51. The molecule has 1 rings (SSSR count). The van der Waals surface area contributed by atoms with Crippen molar-refractivity contribution in [3.63, 3.8) is 0 Å². The zero-order valence-corrected chi connectivity index (χ0v) is 12.1. The van der Waals surface area contributed by atoms with Gasteiger partial charge in [0.15, 0.2) is 0 Å². The number of nitrogens with zero attached hydrogens (tertiary/aromatic N) is 2. The molecule has 0 radical (unpaired) electrons. The zero-order chi connectivity index (χ0) is 12.0. The first-order valence-electron chi connectivity index (χ1n) is 5.46. The van der Waals surface area contributed by atoms with Crippen molar-refractivity contribution in [1.29, 1.82) is 0 Å². The lowest BCUT2D eigenvalue weighted by Crippen LogP contribution is -2.33. The second-order valence-electron chi connectivity index (χ2n) is 3.58. The van der Waals surface area contributed by atoms with Crippen LogP contribution in [0.2, 0.25) is 0 Å². The van der Waals surface area contributed by atoms with Gasteiger partial charge in [0, 0.05) is 18.4 Å². The Bertz CT molecular complexity index is 340. The summed E-state index contributed by atoms with van der Waals surface area (Å²) in [5.74, 6) is 0.110. The van der Waals surface area contributed by atoms with Crippen LogP contribution in [0.3, 0.4) is 0 Å². The summed E-state index contributed by atoms with van der Waals surface area (Å²) in [5.41, 5.74) is 0. The number of rotatable bonds is 6. The highest BCUT2D eigenvalue weighted by atomic mass is 79.9. The predicted molar refractivity (Wildman–Crippen MR) is 71.5 cm³/mol. The molecule has 5 heteroatoms. The Morgan fingerprint density at radius 1 is 1.56 bits per heavy atom. The molecule has 0 N–H and O–H groups in total. The molecule has 0 fully saturated rings. The van der Waals surface area contributed by atoms with Crippen LogP contribution < -0.4 is 0 Å². The maximum atomic E-state index is 12.1. The van der Waals surface area contributed by atoms with E-state index in [1.807, 2.05) is 11.8 Å². The molecule has 0 saturated heterocycles. The molecule has 1 heterocycles. The summed E-state index contributed by atoms with van der Waals surface area (Å²) in [5, 5.41) is 1.76. The largest absolute Gasteiger partial charge is 0.337 e. The summed E-state index contributed by atoms with van der Waals surface area (Å²) < 4.78 is 0. The van der Waals surface area contributed by atoms with Gasteiger partial charge in [-0.15, -0.1) is 11.3 Å². The van der Waals surface area contributed by atoms with Crippen molar-refractivity contribution in [3.8, 4) is 0 Å². The minimum Gasteiger partial charge on any atom is -0.337 e. The molecule has 0 aromatic carbocycles. The summed E-state index contributed by atoms with van der Waals surface area (Å²) in [6, 6.07) is 0. The van der Waals surface area contributed by atoms with Gasteiger partial charge in [-0.3, -0.25) is 4.79 Å². The third-order valence-electron chi connectivity index (χ3n) is 2.26. The van der Waals surface area contributed by atoms with Crippen LogP contribution >= 0.6 is 27.3 Å². The lowest BCUT2D eigenvalue weighted by atomic mass is 10.3. The molecule has 0 saturated carbocycles. The maximum absolute atomic E-state index is 12.1. The molecule has 0 bridgehead atoms. The minimum atomic E-state index is 0.110. The van der Waals surface area contributed by atoms with Crippen molar-refractivity contribution in [2.45, 2.75) is 26.7 Å². The molecule has 0 aliphatic rings. The van der Waals surface area contributed by atoms with Crippen LogP contribution in [0, 0.1) is 6.92 Å². The van der Waals surface area contributed by atoms with Crippen molar-refractivity contribution in [2.75, 3.05) is 18.4 Å². The molecule has 0 unspecified atom stereocenters. The number of hydrogen-bond donors (Lipinski definition) is 0. The van der Waals surface area contributed by atoms with Crippen molar-refractivity contribution >= 4 is 33.2 Å². The highest BCUT2D eigenvalue weighted by molar-refractivity contribution is 9.09. The molecule has 16 heavy (non-hydrogen) atoms. The van der Waals surface area contributed by atoms with Crippen molar-refractivity contribution < 1.29 is 4.79 Å². The Balaban J connectivity index is 2.66. The molecule has 0 spiro atoms. The van der Waals surface area contributed by atoms with Gasteiger partial charge in [-0.25, -0.2) is 4.98 Å². The van der Waals surface area contributed by atoms with Gasteiger partial charge in [-0.1, -0.05) is 29.3 Å². The number of carbonyl (C=O) groups is 1. The van der Waals surface area contributed by atoms with Gasteiger partial charge in [0.1, 0.15) is 4.88 Å². The van der Waals surface area contributed by atoms with Crippen molar-refractivity contribution in [2.24, 2.45) is 0 Å². The van der Waals surface area contributed by atoms with Gasteiger partial charge < -0.3 is 4.90 Å². The number of aryl methyl sites for hydroxylation is 1. The fourth-order valence-corrected chi connectivity index (χ4v) is 2.56. The van der Waals surface area contributed by atoms with Gasteiger partial charge in [0.2, 0.25) is 0 Å². The molecule has 0 atom stereocenters. The quantitative estimate of drug-likeness (QED) is 0.757. The van der Waals surface area contributed by atoms with Crippen LogP contribution in [-0.4, -0.2) is 34.2 Å². The highest BCUT2D eigenvalue weighted by Crippen LogP contribution is 2.14. The second-order valence-corrected chi connectivity index (χ2v) is 5.61. The molecule has 3 nitrogen and oxygen atoms in total. The van der Waals surface area contributed by atoms with E-state index < -0.39 is 0 Å². The van der Waals surface area contributed by atoms with E-state index in [9.17, 15) is 4.79 Å². The second kappa shape index (κ2) is 7.01. The van der Waals surface area contributed by atoms with Gasteiger partial charge >= 0.3 is 0 Å². The number of halogens is 1. The SMILES string of the molecule is CCCCN(CCBr)C(=O)c1cnc(C)s1. The smallest absolute Gasteiger partial charge is 0.265 e. The minimum absolute atomic E-state index is 0.110. The number of aromatic nitrogens is 1. The first kappa shape index (κ1) is 13.6. The first-order valence-corrected chi connectivity index (χ1v) is 7.40. The van der Waals surface area contributed by atoms with Crippen LogP contribution in [0.4, 0.5) is 0 Å². The lowest BCUT2D eigenvalue weighted by Gasteiger charge is -2.20. The average molecular weight is 305 g/mol. The number of amides is 1. The van der Waals surface area contributed by atoms with Crippen molar-refractivity contribution in [1.82, 2.24) is 9.88 Å². The van der Waals surface area contributed by atoms with Crippen molar-refractivity contribution in [3.05, 3.63) is 16.1 Å². The van der Waals surface area contributed by atoms with Gasteiger partial charge in [0.05, 0.1) is 11.2 Å². The summed E-state index contributed by atoms with van der Waals surface area (Å²) in [7, 11) is 0. The number of alkyl halides is 1. The highest BCUT2D eigenvalue weighted by Gasteiger charge is 2.16. The van der Waals surface area contributed by atoms with Crippen LogP contribution in [0.25, 0.3) is 0 Å². The Morgan fingerprint density at radius 2 is 2.31 bits per heavy atom. The molecule has 1 amide bonds. The van der Waals surface area contributed by atoms with E-state index in [0.29, 0.717) is 0 Å². The normalized spacial score (nSPS) is 10.4. The molecule has 90 valence electrons. The Morgan fingerprint density at radius 3 is 2.81 bits per heavy atom. The van der Waals surface area contributed by atoms with E-state index in [2.05, 4.69) is 27.8 Å². The molecule has 0 aliphatic heterocycles. The Kier molecular flexibility index (Phi) is 5.98. The molecule has 1 aromatic rings. The van der Waals surface area contributed by atoms with E-state index in [1.54, 1.807) is 6.20 Å². The van der Waals surface area contributed by atoms with E-state index in [-0.39, 0.29) is 5.91 Å². The zero-order valence-electron chi connectivity index (χ0n) is 9.70. The number of carbonyl (C=O) groups excluding carboxylic acids is 1. The number of unbranched alkanes of at least 4 members (excludes halogenated alkanes) is 1. The third kappa shape index (κ3) is 3.87. The monoisotopic (exact) mass is 304 g/mol. The van der Waals surface area contributed by atoms with Gasteiger partial charge in [-0.05, 0) is 13.3 Å². The van der Waals surface area contributed by atoms with Crippen LogP contribution in [0.1, 0.15) is 34.4 Å². The Labute approximate surface area is 109 Å². The fraction of sp³-hybridized carbons (Fsp3) is 0.636. The van der Waals surface area contributed by atoms with Gasteiger partial charge in [-0.2, -0.15) is 0 Å². The van der Waals surface area contributed by atoms with Crippen LogP contribution in [-0.2, 0) is 0 Å². The fourth-order valence-electron chi connectivity index (χ4n) is 1.38. The number of hydrogen-bond acceptors (Lipinski definition) is 3. The van der Waals surface area contributed by atoms with Crippen LogP contribution in [0.15, 0.2) is 6.20 Å². The molecular weight excluding hydrogens is 288 g/mol. The molecule has 1 aromatic heterocycles. The summed E-state index contributed by atoms with van der Waals surface area (Å²) in [4.78, 5) is 18.9. The predicted octanol–water partition coefficient (Wildman–Crippen LogP) is 3.09. The van der Waals surface area contributed by atoms with E-state index in [1.165, 1.54) is 11.3 Å². The van der Waals surface area contributed by atoms with E-state index in [0.717, 1.165) is 41.1 Å². The summed E-state index contributed by atoms with van der Waals surface area (Å²) in [6.07, 6.45) is 3.83. The number of thiazole rings is 1. The average Bonchev–Trinajstić information content (AvgIpc) is 2.70. The topological polar surface area (TPSA) is 33.2 Å². The molecule has 0 aliphatic carbocycles. The summed E-state index contributed by atoms with van der Waals surface area (Å²) in [6.45, 7) is 5.64. The standard InChI is InChI=1S/C11H17BrN2OS/c1-3-4-6-14(7-5-12)11(15)10-8-13-9(2)16-10/h8H,3-7H2,1-2H3. The lowest BCUT2D eigenvalue weighted by molar-refractivity contribution is 0.0769. The van der Waals surface area contributed by atoms with Crippen LogP contribution in [0.5, 0.6) is 0 Å². The maximum Gasteiger partial charge on any atom is 0.265 e. The van der Waals surface area contributed by atoms with E-state index >= 15 is 0 Å².